The molecule has 0 saturated heterocycles. The molecule has 0 unspecified atom stereocenters. The summed E-state index contributed by atoms with van der Waals surface area (Å²) in [5.74, 6) is 0.846. The molecule has 1 radical (unpaired) electrons. The first kappa shape index (κ1) is 25.7. The van der Waals surface area contributed by atoms with Gasteiger partial charge in [0.25, 0.3) is 0 Å². The van der Waals surface area contributed by atoms with Crippen LogP contribution in [0.4, 0.5) is 5.69 Å². The SMILES string of the molecule is C[C-]=C(C)C1=[C-][N+](=c2n(C)ccn2-c2c(C(C)C)cccc2C(C)C)c2c(C)cccc21.[Y]. The molecule has 1 aliphatic rings. The van der Waals surface area contributed by atoms with Gasteiger partial charge in [-0.15, -0.1) is 19.9 Å². The maximum absolute atomic E-state index is 3.71. The predicted octanol–water partition coefficient (Wildman–Crippen LogP) is 6.40. The standard InChI is InChI=1S/C29H34N3.Y/c1-9-21(6)26-18-32(27-22(7)12-10-15-25(26)27)29-30(8)16-17-31(29)28-23(19(2)3)13-11-14-24(28)20(4)5;/h10-17,19-20H,1-8H3;/q-1;. The van der Waals surface area contributed by atoms with Crippen molar-refractivity contribution in [2.24, 2.45) is 7.05 Å². The number of allylic oxidation sites excluding steroid dienone is 3. The van der Waals surface area contributed by atoms with Gasteiger partial charge >= 0.3 is 5.62 Å². The molecule has 0 N–H and O–H groups in total. The van der Waals surface area contributed by atoms with Gasteiger partial charge in [0, 0.05) is 38.4 Å². The minimum Gasteiger partial charge on any atom is -0.322 e. The summed E-state index contributed by atoms with van der Waals surface area (Å²) in [5, 5.41) is 0. The van der Waals surface area contributed by atoms with Crippen LogP contribution in [-0.4, -0.2) is 9.13 Å². The Balaban J connectivity index is 0.00000306. The summed E-state index contributed by atoms with van der Waals surface area (Å²) in [6.07, 6.45) is 11.4. The normalized spacial score (nSPS) is 15.1. The van der Waals surface area contributed by atoms with Crippen LogP contribution in [0.5, 0.6) is 0 Å². The fourth-order valence-electron chi connectivity index (χ4n) is 4.65. The van der Waals surface area contributed by atoms with E-state index in [0.717, 1.165) is 16.8 Å². The summed E-state index contributed by atoms with van der Waals surface area (Å²) >= 11 is 0. The Labute approximate surface area is 224 Å². The molecule has 3 nitrogen and oxygen atoms in total. The third-order valence-electron chi connectivity index (χ3n) is 6.46. The van der Waals surface area contributed by atoms with Crippen molar-refractivity contribution < 1.29 is 32.7 Å². The fourth-order valence-corrected chi connectivity index (χ4v) is 4.65. The first-order valence-corrected chi connectivity index (χ1v) is 11.5. The number of hydrogen-bond acceptors (Lipinski definition) is 0. The van der Waals surface area contributed by atoms with Gasteiger partial charge < -0.3 is 10.7 Å². The second-order valence-electron chi connectivity index (χ2n) is 9.34. The van der Waals surface area contributed by atoms with Gasteiger partial charge in [0.2, 0.25) is 0 Å². The summed E-state index contributed by atoms with van der Waals surface area (Å²) in [6.45, 7) is 15.4. The average molecular weight is 514 g/mol. The van der Waals surface area contributed by atoms with Crippen LogP contribution >= 0.6 is 0 Å². The van der Waals surface area contributed by atoms with Gasteiger partial charge in [-0.1, -0.05) is 69.8 Å². The van der Waals surface area contributed by atoms with E-state index >= 15 is 0 Å². The van der Waals surface area contributed by atoms with Crippen molar-refractivity contribution in [1.29, 1.82) is 0 Å². The third kappa shape index (κ3) is 4.43. The van der Waals surface area contributed by atoms with E-state index in [1.165, 1.54) is 33.6 Å². The smallest absolute Gasteiger partial charge is 0.307 e. The molecular weight excluding hydrogens is 479 g/mol. The Bertz CT molecular complexity index is 1290. The number of fused-ring (bicyclic) bond motifs is 1. The van der Waals surface area contributed by atoms with Gasteiger partial charge in [0.1, 0.15) is 5.69 Å². The van der Waals surface area contributed by atoms with Crippen LogP contribution in [0.25, 0.3) is 11.3 Å². The van der Waals surface area contributed by atoms with Gasteiger partial charge in [0.15, 0.2) is 0 Å². The Morgan fingerprint density at radius 3 is 2.15 bits per heavy atom. The molecule has 3 aromatic rings. The number of aromatic nitrogens is 2. The summed E-state index contributed by atoms with van der Waals surface area (Å²) in [7, 11) is 2.12. The number of rotatable bonds is 4. The summed E-state index contributed by atoms with van der Waals surface area (Å²) in [4.78, 5) is 0. The molecule has 0 atom stereocenters. The van der Waals surface area contributed by atoms with Crippen LogP contribution in [0.2, 0.25) is 0 Å². The van der Waals surface area contributed by atoms with Crippen LogP contribution < -0.4 is 10.2 Å². The Morgan fingerprint density at radius 1 is 0.970 bits per heavy atom. The van der Waals surface area contributed by atoms with Crippen LogP contribution in [0.1, 0.15) is 75.6 Å². The topological polar surface area (TPSA) is 12.9 Å². The zero-order chi connectivity index (χ0) is 23.2. The van der Waals surface area contributed by atoms with Crippen LogP contribution in [0.3, 0.4) is 0 Å². The molecule has 2 aromatic carbocycles. The van der Waals surface area contributed by atoms with E-state index < -0.39 is 0 Å². The Hall–Kier alpha value is -1.97. The minimum atomic E-state index is 0. The minimum absolute atomic E-state index is 0. The molecule has 4 rings (SSSR count). The van der Waals surface area contributed by atoms with Crippen molar-refractivity contribution in [1.82, 2.24) is 13.7 Å². The average Bonchev–Trinajstić information content (AvgIpc) is 3.33. The van der Waals surface area contributed by atoms with Crippen LogP contribution in [0.15, 0.2) is 54.4 Å². The summed E-state index contributed by atoms with van der Waals surface area (Å²) in [5.41, 5.74) is 11.0. The van der Waals surface area contributed by atoms with Crippen molar-refractivity contribution >= 4 is 11.3 Å². The predicted molar refractivity (Wildman–Crippen MR) is 134 cm³/mol. The van der Waals surface area contributed by atoms with E-state index in [-0.39, 0.29) is 32.7 Å². The van der Waals surface area contributed by atoms with Gasteiger partial charge in [-0.05, 0) is 29.9 Å². The molecule has 0 fully saturated rings. The van der Waals surface area contributed by atoms with Gasteiger partial charge in [-0.25, -0.2) is 10.1 Å². The van der Waals surface area contributed by atoms with Crippen LogP contribution in [0, 0.1) is 19.2 Å². The third-order valence-corrected chi connectivity index (χ3v) is 6.46. The molecule has 0 bridgehead atoms. The molecule has 0 spiro atoms. The molecular formula is C29H34N3Y-. The fraction of sp³-hybridized carbons (Fsp3) is 0.345. The molecule has 0 saturated carbocycles. The first-order chi connectivity index (χ1) is 15.3. The molecule has 1 aromatic heterocycles. The van der Waals surface area contributed by atoms with E-state index in [1.54, 1.807) is 0 Å². The van der Waals surface area contributed by atoms with E-state index in [0.29, 0.717) is 11.8 Å². The van der Waals surface area contributed by atoms with E-state index in [2.05, 4.69) is 123 Å². The molecule has 0 aliphatic carbocycles. The number of benzene rings is 2. The van der Waals surface area contributed by atoms with Gasteiger partial charge in [-0.3, -0.25) is 10.1 Å². The molecule has 0 amide bonds. The molecule has 2 heterocycles. The number of hydrogen-bond donors (Lipinski definition) is 0. The maximum Gasteiger partial charge on any atom is 0.307 e. The van der Waals surface area contributed by atoms with Gasteiger partial charge in [-0.2, -0.15) is 5.56 Å². The first-order valence-electron chi connectivity index (χ1n) is 11.5. The van der Waals surface area contributed by atoms with E-state index in [9.17, 15) is 0 Å². The van der Waals surface area contributed by atoms with E-state index in [4.69, 9.17) is 0 Å². The van der Waals surface area contributed by atoms with Crippen molar-refractivity contribution in [3.8, 4) is 5.69 Å². The summed E-state index contributed by atoms with van der Waals surface area (Å²) in [6, 6.07) is 13.2. The number of para-hydroxylation sites is 2. The van der Waals surface area contributed by atoms with Gasteiger partial charge in [0.05, 0.1) is 19.4 Å². The molecule has 4 heteroatoms. The Morgan fingerprint density at radius 2 is 1.58 bits per heavy atom. The second-order valence-corrected chi connectivity index (χ2v) is 9.34. The van der Waals surface area contributed by atoms with Crippen molar-refractivity contribution in [3.63, 3.8) is 0 Å². The molecule has 169 valence electrons. The maximum atomic E-state index is 3.71. The number of nitrogens with zero attached hydrogens (tertiary/aromatic N) is 3. The zero-order valence-electron chi connectivity index (χ0n) is 21.2. The number of imidazole rings is 1. The second kappa shape index (κ2) is 10.1. The zero-order valence-corrected chi connectivity index (χ0v) is 24.0. The van der Waals surface area contributed by atoms with Crippen molar-refractivity contribution in [2.45, 2.75) is 60.3 Å². The largest absolute Gasteiger partial charge is 0.322 e. The molecule has 1 aliphatic heterocycles. The summed E-state index contributed by atoms with van der Waals surface area (Å²) < 4.78 is 6.79. The molecule has 33 heavy (non-hydrogen) atoms. The van der Waals surface area contributed by atoms with Crippen molar-refractivity contribution in [2.75, 3.05) is 0 Å². The quantitative estimate of drug-likeness (QED) is 0.283. The van der Waals surface area contributed by atoms with Crippen molar-refractivity contribution in [3.05, 3.63) is 94.5 Å². The van der Waals surface area contributed by atoms with E-state index in [1.807, 2.05) is 6.92 Å². The monoisotopic (exact) mass is 513 g/mol. The van der Waals surface area contributed by atoms with Crippen LogP contribution in [-0.2, 0) is 39.8 Å². The Kier molecular flexibility index (Phi) is 7.86. The number of aryl methyl sites for hydroxylation is 2.